The molecule has 1 aromatic carbocycles. The molecule has 0 saturated carbocycles. The fourth-order valence-corrected chi connectivity index (χ4v) is 2.55. The van der Waals surface area contributed by atoms with Crippen LogP contribution in [0.1, 0.15) is 24.1 Å². The van der Waals surface area contributed by atoms with Gasteiger partial charge in [-0.2, -0.15) is 0 Å². The molecule has 1 aliphatic rings. The second kappa shape index (κ2) is 3.91. The van der Waals surface area contributed by atoms with E-state index >= 15 is 0 Å². The highest BCUT2D eigenvalue weighted by Gasteiger charge is 2.14. The Morgan fingerprint density at radius 3 is 2.88 bits per heavy atom. The summed E-state index contributed by atoms with van der Waals surface area (Å²) in [5, 5.41) is 1.04. The minimum Gasteiger partial charge on any atom is -0.496 e. The van der Waals surface area contributed by atoms with Crippen LogP contribution in [0.3, 0.4) is 0 Å². The molecule has 2 N–H and O–H groups in total. The number of aryl methyl sites for hydroxylation is 2. The molecule has 3 heteroatoms. The molecule has 0 spiro atoms. The first-order chi connectivity index (χ1) is 8.29. The fraction of sp³-hybridized carbons (Fsp3) is 0.357. The monoisotopic (exact) mass is 228 g/mol. The lowest BCUT2D eigenvalue weighted by Gasteiger charge is -2.17. The standard InChI is InChI=1S/C14H16N2O/c1-17-13-7-6-11(15)14-10(13)8-9-4-2-3-5-12(9)16-14/h6-8H,2-5,15H2,1H3. The van der Waals surface area contributed by atoms with E-state index < -0.39 is 0 Å². The van der Waals surface area contributed by atoms with E-state index in [-0.39, 0.29) is 0 Å². The number of ether oxygens (including phenoxy) is 1. The van der Waals surface area contributed by atoms with E-state index in [1.54, 1.807) is 7.11 Å². The molecule has 3 rings (SSSR count). The van der Waals surface area contributed by atoms with Crippen LogP contribution in [0.4, 0.5) is 5.69 Å². The highest BCUT2D eigenvalue weighted by atomic mass is 16.5. The van der Waals surface area contributed by atoms with Gasteiger partial charge in [-0.25, -0.2) is 0 Å². The molecule has 1 heterocycles. The van der Waals surface area contributed by atoms with Crippen LogP contribution >= 0.6 is 0 Å². The third-order valence-electron chi connectivity index (χ3n) is 3.47. The third kappa shape index (κ3) is 1.62. The molecule has 0 saturated heterocycles. The van der Waals surface area contributed by atoms with E-state index in [0.717, 1.165) is 35.2 Å². The molecule has 0 atom stereocenters. The van der Waals surface area contributed by atoms with Gasteiger partial charge in [0.25, 0.3) is 0 Å². The van der Waals surface area contributed by atoms with E-state index in [9.17, 15) is 0 Å². The maximum atomic E-state index is 5.99. The van der Waals surface area contributed by atoms with E-state index in [0.29, 0.717) is 0 Å². The van der Waals surface area contributed by atoms with Crippen molar-refractivity contribution in [2.24, 2.45) is 0 Å². The number of aromatic nitrogens is 1. The number of fused-ring (bicyclic) bond motifs is 2. The molecule has 17 heavy (non-hydrogen) atoms. The van der Waals surface area contributed by atoms with Gasteiger partial charge in [-0.05, 0) is 49.4 Å². The number of benzene rings is 1. The summed E-state index contributed by atoms with van der Waals surface area (Å²) in [6.45, 7) is 0. The highest BCUT2D eigenvalue weighted by molar-refractivity contribution is 5.94. The van der Waals surface area contributed by atoms with Crippen molar-refractivity contribution in [3.8, 4) is 5.75 Å². The molecule has 0 amide bonds. The van der Waals surface area contributed by atoms with Crippen molar-refractivity contribution in [3.63, 3.8) is 0 Å². The molecule has 88 valence electrons. The first-order valence-corrected chi connectivity index (χ1v) is 6.04. The smallest absolute Gasteiger partial charge is 0.128 e. The van der Waals surface area contributed by atoms with Crippen LogP contribution in [-0.4, -0.2) is 12.1 Å². The van der Waals surface area contributed by atoms with Crippen molar-refractivity contribution in [1.29, 1.82) is 0 Å². The number of hydrogen-bond donors (Lipinski definition) is 1. The summed E-state index contributed by atoms with van der Waals surface area (Å²) in [5.41, 5.74) is 10.2. The Morgan fingerprint density at radius 2 is 2.06 bits per heavy atom. The number of methoxy groups -OCH3 is 1. The first-order valence-electron chi connectivity index (χ1n) is 6.04. The van der Waals surface area contributed by atoms with Crippen molar-refractivity contribution < 1.29 is 4.74 Å². The van der Waals surface area contributed by atoms with Crippen molar-refractivity contribution in [1.82, 2.24) is 4.98 Å². The van der Waals surface area contributed by atoms with Crippen molar-refractivity contribution >= 4 is 16.6 Å². The van der Waals surface area contributed by atoms with Gasteiger partial charge in [0.15, 0.2) is 0 Å². The normalized spacial score (nSPS) is 14.6. The lowest BCUT2D eigenvalue weighted by molar-refractivity contribution is 0.419. The van der Waals surface area contributed by atoms with E-state index in [2.05, 4.69) is 6.07 Å². The van der Waals surface area contributed by atoms with Gasteiger partial charge in [0.2, 0.25) is 0 Å². The molecular weight excluding hydrogens is 212 g/mol. The predicted octanol–water partition coefficient (Wildman–Crippen LogP) is 2.70. The number of nitrogen functional groups attached to an aromatic ring is 1. The number of nitrogens with two attached hydrogens (primary N) is 1. The lowest BCUT2D eigenvalue weighted by Crippen LogP contribution is -2.06. The molecule has 0 unspecified atom stereocenters. The zero-order valence-electron chi connectivity index (χ0n) is 9.99. The second-order valence-corrected chi connectivity index (χ2v) is 4.55. The average Bonchev–Trinajstić information content (AvgIpc) is 2.38. The Bertz CT molecular complexity index is 578. The zero-order chi connectivity index (χ0) is 11.8. The zero-order valence-corrected chi connectivity index (χ0v) is 9.99. The molecule has 0 fully saturated rings. The van der Waals surface area contributed by atoms with E-state index in [4.69, 9.17) is 15.5 Å². The largest absolute Gasteiger partial charge is 0.496 e. The molecule has 0 aliphatic heterocycles. The first kappa shape index (κ1) is 10.4. The molecule has 0 radical (unpaired) electrons. The summed E-state index contributed by atoms with van der Waals surface area (Å²) in [6, 6.07) is 5.98. The summed E-state index contributed by atoms with van der Waals surface area (Å²) in [6.07, 6.45) is 4.68. The minimum atomic E-state index is 0.731. The minimum absolute atomic E-state index is 0.731. The van der Waals surface area contributed by atoms with Crippen molar-refractivity contribution in [3.05, 3.63) is 29.5 Å². The predicted molar refractivity (Wildman–Crippen MR) is 69.3 cm³/mol. The fourth-order valence-electron chi connectivity index (χ4n) is 2.55. The van der Waals surface area contributed by atoms with Gasteiger partial charge in [0, 0.05) is 11.1 Å². The lowest BCUT2D eigenvalue weighted by atomic mass is 9.94. The molecule has 3 nitrogen and oxygen atoms in total. The van der Waals surface area contributed by atoms with Gasteiger partial charge >= 0.3 is 0 Å². The Morgan fingerprint density at radius 1 is 1.24 bits per heavy atom. The van der Waals surface area contributed by atoms with Gasteiger partial charge in [0.05, 0.1) is 18.3 Å². The van der Waals surface area contributed by atoms with Crippen LogP contribution in [-0.2, 0) is 12.8 Å². The summed E-state index contributed by atoms with van der Waals surface area (Å²) in [4.78, 5) is 4.72. The number of nitrogens with zero attached hydrogens (tertiary/aromatic N) is 1. The summed E-state index contributed by atoms with van der Waals surface area (Å²) >= 11 is 0. The summed E-state index contributed by atoms with van der Waals surface area (Å²) in [5.74, 6) is 0.857. The Kier molecular flexibility index (Phi) is 2.39. The van der Waals surface area contributed by atoms with Crippen LogP contribution in [0.25, 0.3) is 10.9 Å². The van der Waals surface area contributed by atoms with Crippen LogP contribution in [0.15, 0.2) is 18.2 Å². The third-order valence-corrected chi connectivity index (χ3v) is 3.47. The van der Waals surface area contributed by atoms with Gasteiger partial charge in [-0.1, -0.05) is 0 Å². The average molecular weight is 228 g/mol. The Labute approximate surface area is 101 Å². The van der Waals surface area contributed by atoms with Crippen molar-refractivity contribution in [2.75, 3.05) is 12.8 Å². The number of rotatable bonds is 1. The summed E-state index contributed by atoms with van der Waals surface area (Å²) in [7, 11) is 1.68. The quantitative estimate of drug-likeness (QED) is 0.763. The molecule has 1 aliphatic carbocycles. The van der Waals surface area contributed by atoms with E-state index in [1.165, 1.54) is 24.1 Å². The van der Waals surface area contributed by atoms with Crippen LogP contribution < -0.4 is 10.5 Å². The van der Waals surface area contributed by atoms with Gasteiger partial charge in [0.1, 0.15) is 5.75 Å². The maximum Gasteiger partial charge on any atom is 0.128 e. The number of pyridine rings is 1. The van der Waals surface area contributed by atoms with Gasteiger partial charge < -0.3 is 10.5 Å². The van der Waals surface area contributed by atoms with Gasteiger partial charge in [-0.3, -0.25) is 4.98 Å². The maximum absolute atomic E-state index is 5.99. The van der Waals surface area contributed by atoms with Crippen LogP contribution in [0, 0.1) is 0 Å². The van der Waals surface area contributed by atoms with Crippen molar-refractivity contribution in [2.45, 2.75) is 25.7 Å². The van der Waals surface area contributed by atoms with Crippen LogP contribution in [0.2, 0.25) is 0 Å². The number of hydrogen-bond acceptors (Lipinski definition) is 3. The summed E-state index contributed by atoms with van der Waals surface area (Å²) < 4.78 is 5.38. The highest BCUT2D eigenvalue weighted by Crippen LogP contribution is 2.32. The van der Waals surface area contributed by atoms with E-state index in [1.807, 2.05) is 12.1 Å². The molecule has 0 bridgehead atoms. The topological polar surface area (TPSA) is 48.1 Å². The Balaban J connectivity index is 2.32. The Hall–Kier alpha value is -1.77. The molecule has 1 aromatic heterocycles. The SMILES string of the molecule is COc1ccc(N)c2nc3c(cc12)CCCC3. The molecular formula is C14H16N2O. The van der Waals surface area contributed by atoms with Gasteiger partial charge in [-0.15, -0.1) is 0 Å². The van der Waals surface area contributed by atoms with Crippen LogP contribution in [0.5, 0.6) is 5.75 Å². The number of anilines is 1. The second-order valence-electron chi connectivity index (χ2n) is 4.55. The molecule has 2 aromatic rings.